The number of aromatic nitrogens is 1. The van der Waals surface area contributed by atoms with Gasteiger partial charge in [-0.05, 0) is 18.1 Å². The molecule has 0 aliphatic rings. The fourth-order valence-electron chi connectivity index (χ4n) is 1.13. The molecule has 1 amide bonds. The summed E-state index contributed by atoms with van der Waals surface area (Å²) in [5, 5.41) is 2.86. The van der Waals surface area contributed by atoms with Crippen LogP contribution in [0.4, 0.5) is 5.69 Å². The molecule has 15 heavy (non-hydrogen) atoms. The first kappa shape index (κ1) is 11.7. The summed E-state index contributed by atoms with van der Waals surface area (Å²) >= 11 is 0. The Kier molecular flexibility index (Phi) is 3.83. The molecule has 0 aliphatic heterocycles. The molecule has 3 nitrogen and oxygen atoms in total. The molecule has 0 aromatic carbocycles. The average Bonchev–Trinajstić information content (AvgIpc) is 2.18. The number of anilines is 1. The first-order chi connectivity index (χ1) is 7.00. The number of pyridine rings is 1. The van der Waals surface area contributed by atoms with E-state index in [1.54, 1.807) is 6.20 Å². The van der Waals surface area contributed by atoms with E-state index in [2.05, 4.69) is 24.1 Å². The van der Waals surface area contributed by atoms with Gasteiger partial charge in [0.05, 0.1) is 0 Å². The van der Waals surface area contributed by atoms with Crippen LogP contribution in [0, 0.1) is 5.92 Å². The van der Waals surface area contributed by atoms with Crippen LogP contribution in [0.1, 0.15) is 39.3 Å². The standard InChI is InChI=1S/C12H18N2O/c1-8(2)11-7-10(5-6-13-11)14-12(15)9(3)4/h5-9H,1-4H3,(H,13,14,15). The predicted octanol–water partition coefficient (Wildman–Crippen LogP) is 2.80. The lowest BCUT2D eigenvalue weighted by Gasteiger charge is -2.10. The number of carbonyl (C=O) groups excluding carboxylic acids is 1. The monoisotopic (exact) mass is 206 g/mol. The predicted molar refractivity (Wildman–Crippen MR) is 61.8 cm³/mol. The van der Waals surface area contributed by atoms with Crippen molar-refractivity contribution in [1.29, 1.82) is 0 Å². The van der Waals surface area contributed by atoms with Gasteiger partial charge in [-0.2, -0.15) is 0 Å². The van der Waals surface area contributed by atoms with Crippen molar-refractivity contribution in [2.75, 3.05) is 5.32 Å². The van der Waals surface area contributed by atoms with Gasteiger partial charge in [0.1, 0.15) is 0 Å². The van der Waals surface area contributed by atoms with Gasteiger partial charge in [0.2, 0.25) is 5.91 Å². The van der Waals surface area contributed by atoms with Gasteiger partial charge in [0.25, 0.3) is 0 Å². The molecule has 0 saturated carbocycles. The van der Waals surface area contributed by atoms with Crippen molar-refractivity contribution in [3.05, 3.63) is 24.0 Å². The first-order valence-corrected chi connectivity index (χ1v) is 5.27. The van der Waals surface area contributed by atoms with Gasteiger partial charge >= 0.3 is 0 Å². The van der Waals surface area contributed by atoms with Crippen LogP contribution in [0.2, 0.25) is 0 Å². The third-order valence-electron chi connectivity index (χ3n) is 2.16. The van der Waals surface area contributed by atoms with Crippen LogP contribution in [0.5, 0.6) is 0 Å². The minimum absolute atomic E-state index is 0.000616. The van der Waals surface area contributed by atoms with E-state index < -0.39 is 0 Å². The van der Waals surface area contributed by atoms with E-state index in [1.165, 1.54) is 0 Å². The normalized spacial score (nSPS) is 10.8. The van der Waals surface area contributed by atoms with Gasteiger partial charge in [0, 0.05) is 23.5 Å². The Labute approximate surface area is 90.9 Å². The van der Waals surface area contributed by atoms with E-state index >= 15 is 0 Å². The third kappa shape index (κ3) is 3.35. The van der Waals surface area contributed by atoms with Gasteiger partial charge in [-0.1, -0.05) is 27.7 Å². The second-order valence-electron chi connectivity index (χ2n) is 4.27. The first-order valence-electron chi connectivity index (χ1n) is 5.27. The number of nitrogens with one attached hydrogen (secondary N) is 1. The molecule has 0 unspecified atom stereocenters. The van der Waals surface area contributed by atoms with Crippen LogP contribution >= 0.6 is 0 Å². The second kappa shape index (κ2) is 4.91. The molecule has 1 aromatic rings. The lowest BCUT2D eigenvalue weighted by Crippen LogP contribution is -2.17. The van der Waals surface area contributed by atoms with E-state index in [-0.39, 0.29) is 11.8 Å². The number of rotatable bonds is 3. The van der Waals surface area contributed by atoms with E-state index in [0.717, 1.165) is 11.4 Å². The molecule has 0 atom stereocenters. The third-order valence-corrected chi connectivity index (χ3v) is 2.16. The molecular weight excluding hydrogens is 188 g/mol. The highest BCUT2D eigenvalue weighted by Gasteiger charge is 2.08. The zero-order chi connectivity index (χ0) is 11.4. The van der Waals surface area contributed by atoms with E-state index in [1.807, 2.05) is 26.0 Å². The number of hydrogen-bond donors (Lipinski definition) is 1. The number of hydrogen-bond acceptors (Lipinski definition) is 2. The molecule has 0 saturated heterocycles. The Bertz CT molecular complexity index is 345. The fraction of sp³-hybridized carbons (Fsp3) is 0.500. The Hall–Kier alpha value is -1.38. The van der Waals surface area contributed by atoms with Crippen LogP contribution in [-0.2, 0) is 4.79 Å². The highest BCUT2D eigenvalue weighted by molar-refractivity contribution is 5.91. The summed E-state index contributed by atoms with van der Waals surface area (Å²) in [5.41, 5.74) is 1.82. The molecule has 1 rings (SSSR count). The summed E-state index contributed by atoms with van der Waals surface area (Å²) in [4.78, 5) is 15.7. The molecule has 0 bridgehead atoms. The quantitative estimate of drug-likeness (QED) is 0.826. The molecule has 0 spiro atoms. The summed E-state index contributed by atoms with van der Waals surface area (Å²) in [7, 11) is 0. The topological polar surface area (TPSA) is 42.0 Å². The zero-order valence-corrected chi connectivity index (χ0v) is 9.74. The minimum atomic E-state index is 0.000616. The van der Waals surface area contributed by atoms with Crippen molar-refractivity contribution in [2.24, 2.45) is 5.92 Å². The van der Waals surface area contributed by atoms with Gasteiger partial charge in [-0.3, -0.25) is 9.78 Å². The number of amides is 1. The average molecular weight is 206 g/mol. The SMILES string of the molecule is CC(C)C(=O)Nc1ccnc(C(C)C)c1. The van der Waals surface area contributed by atoms with Crippen molar-refractivity contribution in [2.45, 2.75) is 33.6 Å². The van der Waals surface area contributed by atoms with Crippen LogP contribution < -0.4 is 5.32 Å². The zero-order valence-electron chi connectivity index (χ0n) is 9.74. The molecular formula is C12H18N2O. The summed E-state index contributed by atoms with van der Waals surface area (Å²) in [5.74, 6) is 0.414. The summed E-state index contributed by atoms with van der Waals surface area (Å²) in [6.45, 7) is 7.91. The van der Waals surface area contributed by atoms with Crippen molar-refractivity contribution < 1.29 is 4.79 Å². The molecule has 3 heteroatoms. The summed E-state index contributed by atoms with van der Waals surface area (Å²) in [6, 6.07) is 3.73. The highest BCUT2D eigenvalue weighted by Crippen LogP contribution is 2.16. The molecule has 1 N–H and O–H groups in total. The smallest absolute Gasteiger partial charge is 0.226 e. The van der Waals surface area contributed by atoms with Crippen molar-refractivity contribution >= 4 is 11.6 Å². The van der Waals surface area contributed by atoms with E-state index in [9.17, 15) is 4.79 Å². The Morgan fingerprint density at radius 1 is 1.33 bits per heavy atom. The van der Waals surface area contributed by atoms with Crippen molar-refractivity contribution in [1.82, 2.24) is 4.98 Å². The van der Waals surface area contributed by atoms with E-state index in [0.29, 0.717) is 5.92 Å². The van der Waals surface area contributed by atoms with Gasteiger partial charge < -0.3 is 5.32 Å². The van der Waals surface area contributed by atoms with Gasteiger partial charge in [-0.15, -0.1) is 0 Å². The lowest BCUT2D eigenvalue weighted by atomic mass is 10.1. The van der Waals surface area contributed by atoms with Crippen molar-refractivity contribution in [3.8, 4) is 0 Å². The van der Waals surface area contributed by atoms with Crippen molar-refractivity contribution in [3.63, 3.8) is 0 Å². The largest absolute Gasteiger partial charge is 0.326 e. The van der Waals surface area contributed by atoms with Crippen LogP contribution in [0.15, 0.2) is 18.3 Å². The summed E-state index contributed by atoms with van der Waals surface area (Å²) < 4.78 is 0. The second-order valence-corrected chi connectivity index (χ2v) is 4.27. The molecule has 1 aromatic heterocycles. The molecule has 0 radical (unpaired) electrons. The van der Waals surface area contributed by atoms with Crippen LogP contribution in [0.3, 0.4) is 0 Å². The van der Waals surface area contributed by atoms with Crippen LogP contribution in [0.25, 0.3) is 0 Å². The molecule has 0 aliphatic carbocycles. The maximum absolute atomic E-state index is 11.5. The van der Waals surface area contributed by atoms with Gasteiger partial charge in [0.15, 0.2) is 0 Å². The molecule has 1 heterocycles. The van der Waals surface area contributed by atoms with Gasteiger partial charge in [-0.25, -0.2) is 0 Å². The highest BCUT2D eigenvalue weighted by atomic mass is 16.1. The summed E-state index contributed by atoms with van der Waals surface area (Å²) in [6.07, 6.45) is 1.73. The van der Waals surface area contributed by atoms with E-state index in [4.69, 9.17) is 0 Å². The lowest BCUT2D eigenvalue weighted by molar-refractivity contribution is -0.118. The Morgan fingerprint density at radius 2 is 2.00 bits per heavy atom. The molecule has 82 valence electrons. The number of carbonyl (C=O) groups is 1. The van der Waals surface area contributed by atoms with Crippen LogP contribution in [-0.4, -0.2) is 10.9 Å². The fourth-order valence-corrected chi connectivity index (χ4v) is 1.13. The maximum Gasteiger partial charge on any atom is 0.226 e. The number of nitrogens with zero attached hydrogens (tertiary/aromatic N) is 1. The molecule has 0 fully saturated rings. The minimum Gasteiger partial charge on any atom is -0.326 e. The maximum atomic E-state index is 11.5. The Balaban J connectivity index is 2.78. The Morgan fingerprint density at radius 3 is 2.53 bits per heavy atom.